The molecule has 1 aliphatic carbocycles. The van der Waals surface area contributed by atoms with E-state index in [2.05, 4.69) is 0 Å². The van der Waals surface area contributed by atoms with E-state index in [-0.39, 0.29) is 23.9 Å². The number of nitrogens with one attached hydrogen (secondary N) is 1. The van der Waals surface area contributed by atoms with Crippen LogP contribution in [0.4, 0.5) is 13.2 Å². The summed E-state index contributed by atoms with van der Waals surface area (Å²) in [6, 6.07) is 3.01. The molecule has 2 bridgehead atoms. The van der Waals surface area contributed by atoms with E-state index in [1.165, 1.54) is 16.7 Å². The maximum atomic E-state index is 13.3. The Kier molecular flexibility index (Phi) is 5.37. The zero-order valence-electron chi connectivity index (χ0n) is 16.3. The highest BCUT2D eigenvalue weighted by atomic mass is 19.4. The maximum absolute atomic E-state index is 13.3. The van der Waals surface area contributed by atoms with E-state index in [0.29, 0.717) is 5.69 Å². The second kappa shape index (κ2) is 7.72. The summed E-state index contributed by atoms with van der Waals surface area (Å²) in [6.07, 6.45) is -1.27. The fourth-order valence-corrected chi connectivity index (χ4v) is 5.35. The molecule has 0 aromatic carbocycles. The van der Waals surface area contributed by atoms with Gasteiger partial charge >= 0.3 is 6.18 Å². The Labute approximate surface area is 170 Å². The summed E-state index contributed by atoms with van der Waals surface area (Å²) in [6.45, 7) is -1.85. The van der Waals surface area contributed by atoms with Crippen molar-refractivity contribution in [3.8, 4) is 0 Å². The van der Waals surface area contributed by atoms with Crippen LogP contribution in [-0.2, 0) is 16.1 Å². The van der Waals surface area contributed by atoms with Crippen LogP contribution in [-0.4, -0.2) is 51.8 Å². The van der Waals surface area contributed by atoms with E-state index in [0.717, 1.165) is 25.7 Å². The average molecular weight is 427 g/mol. The fraction of sp³-hybridized carbons (Fsp3) is 0.650. The lowest BCUT2D eigenvalue weighted by molar-refractivity contribution is -0.144. The molecule has 2 N–H and O–H groups in total. The van der Waals surface area contributed by atoms with Gasteiger partial charge in [0.1, 0.15) is 6.54 Å². The van der Waals surface area contributed by atoms with Crippen molar-refractivity contribution in [2.45, 2.75) is 50.5 Å². The van der Waals surface area contributed by atoms with Crippen LogP contribution in [0.25, 0.3) is 0 Å². The molecule has 1 saturated heterocycles. The van der Waals surface area contributed by atoms with Crippen molar-refractivity contribution < 1.29 is 27.9 Å². The number of alkyl halides is 3. The summed E-state index contributed by atoms with van der Waals surface area (Å²) < 4.78 is 39.5. The Morgan fingerprint density at radius 2 is 1.90 bits per heavy atom. The van der Waals surface area contributed by atoms with Crippen molar-refractivity contribution in [1.82, 2.24) is 14.8 Å². The van der Waals surface area contributed by atoms with Crippen LogP contribution in [0.5, 0.6) is 0 Å². The van der Waals surface area contributed by atoms with E-state index < -0.39 is 49.2 Å². The smallest absolute Gasteiger partial charge is 0.396 e. The molecule has 10 heteroatoms. The van der Waals surface area contributed by atoms with E-state index in [4.69, 9.17) is 0 Å². The first-order chi connectivity index (χ1) is 14.2. The molecule has 2 fully saturated rings. The van der Waals surface area contributed by atoms with Crippen LogP contribution in [0.3, 0.4) is 0 Å². The highest BCUT2D eigenvalue weighted by Gasteiger charge is 2.58. The summed E-state index contributed by atoms with van der Waals surface area (Å²) in [5.74, 6) is -3.04. The van der Waals surface area contributed by atoms with Crippen LogP contribution >= 0.6 is 0 Å². The van der Waals surface area contributed by atoms with Crippen molar-refractivity contribution in [2.75, 3.05) is 13.2 Å². The molecule has 164 valence electrons. The molecule has 2 aliphatic heterocycles. The number of carbonyl (C=O) groups excluding carboxylic acids is 2. The molecule has 4 atom stereocenters. The first-order valence-electron chi connectivity index (χ1n) is 10.2. The third kappa shape index (κ3) is 3.51. The van der Waals surface area contributed by atoms with Gasteiger partial charge in [-0.1, -0.05) is 18.9 Å². The molecule has 1 aromatic heterocycles. The van der Waals surface area contributed by atoms with Crippen LogP contribution in [0.15, 0.2) is 23.0 Å². The summed E-state index contributed by atoms with van der Waals surface area (Å²) >= 11 is 0. The average Bonchev–Trinajstić information content (AvgIpc) is 3.30. The number of fused-ring (bicyclic) bond motifs is 4. The summed E-state index contributed by atoms with van der Waals surface area (Å²) in [7, 11) is 0. The SMILES string of the molecule is O=C(NCC(F)(F)F)[C@H]1[C@H](CO)[C@H]2Cn3c(cccc3=O)[C@@H]1N2C(=O)C1CCCC1. The van der Waals surface area contributed by atoms with Gasteiger partial charge in [0.15, 0.2) is 0 Å². The minimum Gasteiger partial charge on any atom is -0.396 e. The fourth-order valence-electron chi connectivity index (χ4n) is 5.35. The second-order valence-electron chi connectivity index (χ2n) is 8.34. The largest absolute Gasteiger partial charge is 0.405 e. The van der Waals surface area contributed by atoms with E-state index >= 15 is 0 Å². The minimum absolute atomic E-state index is 0.109. The van der Waals surface area contributed by atoms with Gasteiger partial charge in [-0.05, 0) is 18.9 Å². The van der Waals surface area contributed by atoms with Crippen molar-refractivity contribution in [1.29, 1.82) is 0 Å². The Hall–Kier alpha value is -2.36. The van der Waals surface area contributed by atoms with Crippen molar-refractivity contribution in [3.63, 3.8) is 0 Å². The highest BCUT2D eigenvalue weighted by Crippen LogP contribution is 2.49. The van der Waals surface area contributed by atoms with Gasteiger partial charge in [-0.3, -0.25) is 14.4 Å². The summed E-state index contributed by atoms with van der Waals surface area (Å²) in [5.41, 5.74) is 0.122. The molecule has 1 saturated carbocycles. The van der Waals surface area contributed by atoms with Crippen LogP contribution < -0.4 is 10.9 Å². The molecule has 30 heavy (non-hydrogen) atoms. The van der Waals surface area contributed by atoms with E-state index in [1.807, 2.05) is 5.32 Å². The lowest BCUT2D eigenvalue weighted by Crippen LogP contribution is -2.50. The maximum Gasteiger partial charge on any atom is 0.405 e. The monoisotopic (exact) mass is 427 g/mol. The van der Waals surface area contributed by atoms with Gasteiger partial charge in [0, 0.05) is 36.7 Å². The number of aliphatic hydroxyl groups is 1. The first-order valence-corrected chi connectivity index (χ1v) is 10.2. The topological polar surface area (TPSA) is 91.6 Å². The number of hydrogen-bond acceptors (Lipinski definition) is 4. The van der Waals surface area contributed by atoms with Gasteiger partial charge in [0.25, 0.3) is 5.56 Å². The number of amides is 2. The molecule has 2 amide bonds. The van der Waals surface area contributed by atoms with E-state index in [1.54, 1.807) is 11.0 Å². The number of hydrogen-bond donors (Lipinski definition) is 2. The highest BCUT2D eigenvalue weighted by molar-refractivity contribution is 5.85. The lowest BCUT2D eigenvalue weighted by Gasteiger charge is -2.39. The lowest BCUT2D eigenvalue weighted by atomic mass is 9.86. The predicted octanol–water partition coefficient (Wildman–Crippen LogP) is 1.21. The molecule has 4 rings (SSSR count). The molecule has 0 spiro atoms. The van der Waals surface area contributed by atoms with Crippen LogP contribution in [0.1, 0.15) is 37.4 Å². The zero-order valence-corrected chi connectivity index (χ0v) is 16.3. The molecular formula is C20H24F3N3O4. The Balaban J connectivity index is 1.75. The van der Waals surface area contributed by atoms with E-state index in [9.17, 15) is 32.7 Å². The quantitative estimate of drug-likeness (QED) is 0.756. The third-order valence-corrected chi connectivity index (χ3v) is 6.64. The van der Waals surface area contributed by atoms with Gasteiger partial charge in [-0.15, -0.1) is 0 Å². The Morgan fingerprint density at radius 3 is 2.53 bits per heavy atom. The first kappa shape index (κ1) is 20.9. The Morgan fingerprint density at radius 1 is 1.20 bits per heavy atom. The van der Waals surface area contributed by atoms with Gasteiger partial charge in [0.05, 0.1) is 18.0 Å². The molecule has 0 unspecified atom stereocenters. The molecule has 1 aromatic rings. The number of pyridine rings is 1. The molecular weight excluding hydrogens is 403 g/mol. The van der Waals surface area contributed by atoms with Gasteiger partial charge in [-0.25, -0.2) is 0 Å². The minimum atomic E-state index is -4.58. The standard InChI is InChI=1S/C20H24F3N3O4/c21-20(22,23)10-24-18(29)16-12(9-27)14-8-25-13(6-3-7-15(25)28)17(16)26(14)19(30)11-4-1-2-5-11/h3,6-7,11-12,14,16-17,27H,1-2,4-5,8-10H2,(H,24,29)/t12-,14-,16+,17+/m1/s1. The zero-order chi connectivity index (χ0) is 21.6. The van der Waals surface area contributed by atoms with Crippen LogP contribution in [0.2, 0.25) is 0 Å². The van der Waals surface area contributed by atoms with Crippen LogP contribution in [0, 0.1) is 17.8 Å². The summed E-state index contributed by atoms with van der Waals surface area (Å²) in [4.78, 5) is 40.2. The number of aromatic nitrogens is 1. The molecule has 0 radical (unpaired) electrons. The van der Waals surface area contributed by atoms with Crippen molar-refractivity contribution in [3.05, 3.63) is 34.2 Å². The number of rotatable bonds is 4. The Bertz CT molecular complexity index is 894. The number of nitrogens with zero attached hydrogens (tertiary/aromatic N) is 2. The number of aliphatic hydroxyl groups excluding tert-OH is 1. The molecule has 3 aliphatic rings. The number of halogens is 3. The van der Waals surface area contributed by atoms with Gasteiger partial charge in [-0.2, -0.15) is 13.2 Å². The van der Waals surface area contributed by atoms with Gasteiger partial charge < -0.3 is 19.9 Å². The molecule has 3 heterocycles. The summed E-state index contributed by atoms with van der Waals surface area (Å²) in [5, 5.41) is 12.0. The predicted molar refractivity (Wildman–Crippen MR) is 99.2 cm³/mol. The van der Waals surface area contributed by atoms with Crippen molar-refractivity contribution >= 4 is 11.8 Å². The van der Waals surface area contributed by atoms with Crippen molar-refractivity contribution in [2.24, 2.45) is 17.8 Å². The second-order valence-corrected chi connectivity index (χ2v) is 8.34. The third-order valence-electron chi connectivity index (χ3n) is 6.64. The molecule has 7 nitrogen and oxygen atoms in total. The van der Waals surface area contributed by atoms with Gasteiger partial charge in [0.2, 0.25) is 11.8 Å². The number of carbonyl (C=O) groups is 2. The normalized spacial score (nSPS) is 28.5.